The highest BCUT2D eigenvalue weighted by Gasteiger charge is 2.43. The van der Waals surface area contributed by atoms with E-state index in [9.17, 15) is 9.90 Å². The van der Waals surface area contributed by atoms with Crippen molar-refractivity contribution in [3.8, 4) is 0 Å². The Labute approximate surface area is 169 Å². The van der Waals surface area contributed by atoms with Gasteiger partial charge in [-0.05, 0) is 12.8 Å². The van der Waals surface area contributed by atoms with Gasteiger partial charge in [0.2, 0.25) is 6.41 Å². The Balaban J connectivity index is 2.82. The average Bonchev–Trinajstić information content (AvgIpc) is 2.71. The number of aliphatic hydroxyl groups excluding tert-OH is 1. The highest BCUT2D eigenvalue weighted by molar-refractivity contribution is 5.98. The number of aliphatic hydroxyl groups is 1. The fourth-order valence-electron chi connectivity index (χ4n) is 2.80. The highest BCUT2D eigenvalue weighted by atomic mass is 16.7. The van der Waals surface area contributed by atoms with Crippen molar-refractivity contribution in [3.63, 3.8) is 0 Å². The van der Waals surface area contributed by atoms with E-state index in [1.165, 1.54) is 6.08 Å². The summed E-state index contributed by atoms with van der Waals surface area (Å²) < 4.78 is 28.6. The van der Waals surface area contributed by atoms with E-state index < -0.39 is 36.7 Å². The molecule has 1 saturated heterocycles. The summed E-state index contributed by atoms with van der Waals surface area (Å²) in [7, 11) is 5.43. The van der Waals surface area contributed by atoms with Crippen molar-refractivity contribution in [1.29, 1.82) is 0 Å². The molecule has 0 aromatic carbocycles. The SMILES string of the molecule is [B]OC1COC(OC[C@H](NC=O)[C@H](O)C=C)C(OCCCC)C1OCCCC. The Morgan fingerprint density at radius 2 is 1.86 bits per heavy atom. The van der Waals surface area contributed by atoms with Gasteiger partial charge < -0.3 is 34.0 Å². The monoisotopic (exact) mass is 399 g/mol. The number of unbranched alkanes of at least 4 members (excludes halogenated alkanes) is 2. The zero-order chi connectivity index (χ0) is 20.8. The number of amides is 1. The Kier molecular flexibility index (Phi) is 13.4. The lowest BCUT2D eigenvalue weighted by Crippen LogP contribution is -2.57. The van der Waals surface area contributed by atoms with Crippen molar-refractivity contribution < 1.29 is 33.5 Å². The summed E-state index contributed by atoms with van der Waals surface area (Å²) in [4.78, 5) is 10.8. The zero-order valence-corrected chi connectivity index (χ0v) is 17.0. The molecule has 1 fully saturated rings. The predicted octanol–water partition coefficient (Wildman–Crippen LogP) is 0.860. The second kappa shape index (κ2) is 15.0. The molecule has 2 N–H and O–H groups in total. The number of hydrogen-bond acceptors (Lipinski definition) is 7. The van der Waals surface area contributed by atoms with Crippen LogP contribution >= 0.6 is 0 Å². The molecule has 8 nitrogen and oxygen atoms in total. The van der Waals surface area contributed by atoms with Crippen molar-refractivity contribution in [2.45, 2.75) is 76.3 Å². The third kappa shape index (κ3) is 8.18. The number of hydrogen-bond donors (Lipinski definition) is 2. The van der Waals surface area contributed by atoms with Crippen LogP contribution in [0.4, 0.5) is 0 Å². The molecular weight excluding hydrogens is 365 g/mol. The van der Waals surface area contributed by atoms with Crippen LogP contribution in [-0.4, -0.2) is 82.7 Å². The summed E-state index contributed by atoms with van der Waals surface area (Å²) in [5, 5.41) is 12.5. The molecule has 0 aromatic heterocycles. The first-order valence-corrected chi connectivity index (χ1v) is 9.95. The lowest BCUT2D eigenvalue weighted by atomic mass is 10.0. The molecule has 9 heteroatoms. The topological polar surface area (TPSA) is 95.5 Å². The van der Waals surface area contributed by atoms with Crippen LogP contribution in [0, 0.1) is 0 Å². The van der Waals surface area contributed by atoms with E-state index >= 15 is 0 Å². The third-order valence-electron chi connectivity index (χ3n) is 4.55. The quantitative estimate of drug-likeness (QED) is 0.172. The van der Waals surface area contributed by atoms with Gasteiger partial charge in [-0.3, -0.25) is 4.79 Å². The summed E-state index contributed by atoms with van der Waals surface area (Å²) >= 11 is 0. The molecule has 28 heavy (non-hydrogen) atoms. The second-order valence-corrected chi connectivity index (χ2v) is 6.70. The largest absolute Gasteiger partial charge is 0.440 e. The van der Waals surface area contributed by atoms with Crippen molar-refractivity contribution in [2.75, 3.05) is 26.4 Å². The molecule has 1 amide bonds. The first-order chi connectivity index (χ1) is 13.6. The minimum absolute atomic E-state index is 0.0139. The molecule has 0 bridgehead atoms. The first-order valence-electron chi connectivity index (χ1n) is 9.95. The van der Waals surface area contributed by atoms with Gasteiger partial charge in [-0.15, -0.1) is 6.58 Å². The van der Waals surface area contributed by atoms with E-state index in [-0.39, 0.29) is 13.2 Å². The molecule has 0 saturated carbocycles. The van der Waals surface area contributed by atoms with Gasteiger partial charge in [0.15, 0.2) is 6.29 Å². The van der Waals surface area contributed by atoms with Crippen LogP contribution < -0.4 is 5.32 Å². The summed E-state index contributed by atoms with van der Waals surface area (Å²) in [6.07, 6.45) is 2.41. The minimum Gasteiger partial charge on any atom is -0.440 e. The van der Waals surface area contributed by atoms with Crippen molar-refractivity contribution in [3.05, 3.63) is 12.7 Å². The summed E-state index contributed by atoms with van der Waals surface area (Å²) in [5.74, 6) is 0. The van der Waals surface area contributed by atoms with Crippen LogP contribution in [0.25, 0.3) is 0 Å². The standard InChI is InChI=1S/C19H34BNO7/c1-4-7-9-24-17-16(28-20)12-27-19(18(17)25-10-8-5-2)26-11-14(21-13-22)15(23)6-3/h6,13-19,23H,3-5,7-12H2,1-2H3,(H,21,22)/t14-,15+,16?,17?,18?,19?/m0/s1. The molecule has 1 rings (SSSR count). The molecular formula is C19H34BNO7. The van der Waals surface area contributed by atoms with E-state index in [0.29, 0.717) is 19.6 Å². The van der Waals surface area contributed by atoms with Crippen LogP contribution in [0.2, 0.25) is 0 Å². The summed E-state index contributed by atoms with van der Waals surface area (Å²) in [5.41, 5.74) is 0. The minimum atomic E-state index is -0.954. The van der Waals surface area contributed by atoms with Crippen LogP contribution in [0.1, 0.15) is 39.5 Å². The fourth-order valence-corrected chi connectivity index (χ4v) is 2.80. The maximum atomic E-state index is 10.8. The van der Waals surface area contributed by atoms with E-state index in [1.54, 1.807) is 0 Å². The van der Waals surface area contributed by atoms with Gasteiger partial charge >= 0.3 is 0 Å². The molecule has 4 unspecified atom stereocenters. The average molecular weight is 399 g/mol. The third-order valence-corrected chi connectivity index (χ3v) is 4.55. The lowest BCUT2D eigenvalue weighted by Gasteiger charge is -2.42. The van der Waals surface area contributed by atoms with Crippen LogP contribution in [0.3, 0.4) is 0 Å². The molecule has 1 heterocycles. The van der Waals surface area contributed by atoms with Gasteiger partial charge in [0.25, 0.3) is 8.05 Å². The fraction of sp³-hybridized carbons (Fsp3) is 0.842. The highest BCUT2D eigenvalue weighted by Crippen LogP contribution is 2.25. The first kappa shape index (κ1) is 25.1. The van der Waals surface area contributed by atoms with Gasteiger partial charge in [-0.2, -0.15) is 0 Å². The van der Waals surface area contributed by atoms with Crippen molar-refractivity contribution >= 4 is 14.5 Å². The Morgan fingerprint density at radius 3 is 2.39 bits per heavy atom. The number of carbonyl (C=O) groups is 1. The van der Waals surface area contributed by atoms with Gasteiger partial charge in [-0.1, -0.05) is 32.8 Å². The number of rotatable bonds is 16. The maximum absolute atomic E-state index is 10.8. The smallest absolute Gasteiger partial charge is 0.283 e. The van der Waals surface area contributed by atoms with Gasteiger partial charge in [0.1, 0.15) is 12.2 Å². The van der Waals surface area contributed by atoms with Crippen LogP contribution in [0.15, 0.2) is 12.7 Å². The molecule has 6 atom stereocenters. The van der Waals surface area contributed by atoms with E-state index in [0.717, 1.165) is 25.7 Å². The zero-order valence-electron chi connectivity index (χ0n) is 17.0. The summed E-state index contributed by atoms with van der Waals surface area (Å²) in [6, 6.07) is -0.655. The number of nitrogens with one attached hydrogen (secondary N) is 1. The van der Waals surface area contributed by atoms with E-state index in [2.05, 4.69) is 25.7 Å². The van der Waals surface area contributed by atoms with Gasteiger partial charge in [0, 0.05) is 13.2 Å². The molecule has 0 spiro atoms. The molecule has 1 aliphatic rings. The van der Waals surface area contributed by atoms with Crippen molar-refractivity contribution in [1.82, 2.24) is 5.32 Å². The van der Waals surface area contributed by atoms with Crippen LogP contribution in [-0.2, 0) is 28.4 Å². The molecule has 160 valence electrons. The lowest BCUT2D eigenvalue weighted by molar-refractivity contribution is -0.286. The Hall–Kier alpha value is -0.965. The van der Waals surface area contributed by atoms with Gasteiger partial charge in [-0.25, -0.2) is 0 Å². The molecule has 1 aliphatic heterocycles. The maximum Gasteiger partial charge on any atom is 0.283 e. The van der Waals surface area contributed by atoms with E-state index in [4.69, 9.17) is 31.7 Å². The molecule has 0 aromatic rings. The Bertz CT molecular complexity index is 429. The van der Waals surface area contributed by atoms with Crippen LogP contribution in [0.5, 0.6) is 0 Å². The Morgan fingerprint density at radius 1 is 1.21 bits per heavy atom. The second-order valence-electron chi connectivity index (χ2n) is 6.70. The van der Waals surface area contributed by atoms with Gasteiger partial charge in [0.05, 0.1) is 31.5 Å². The number of carbonyl (C=O) groups excluding carboxylic acids is 1. The number of ether oxygens (including phenoxy) is 4. The molecule has 2 radical (unpaired) electrons. The van der Waals surface area contributed by atoms with E-state index in [1.807, 2.05) is 0 Å². The predicted molar refractivity (Wildman–Crippen MR) is 105 cm³/mol. The molecule has 0 aliphatic carbocycles. The van der Waals surface area contributed by atoms with Crippen molar-refractivity contribution in [2.24, 2.45) is 0 Å². The summed E-state index contributed by atoms with van der Waals surface area (Å²) in [6.45, 7) is 8.94. The normalized spacial score (nSPS) is 27.1.